The molecule has 2 N–H and O–H groups in total. The van der Waals surface area contributed by atoms with Gasteiger partial charge in [-0.3, -0.25) is 14.5 Å². The molecule has 142 valence electrons. The van der Waals surface area contributed by atoms with Gasteiger partial charge in [-0.2, -0.15) is 0 Å². The molecule has 1 aliphatic heterocycles. The third kappa shape index (κ3) is 4.09. The number of hydrogen-bond donors (Lipinski definition) is 2. The van der Waals surface area contributed by atoms with Gasteiger partial charge in [0.2, 0.25) is 5.91 Å². The Morgan fingerprint density at radius 1 is 1.27 bits per heavy atom. The van der Waals surface area contributed by atoms with Crippen molar-refractivity contribution in [2.45, 2.75) is 56.9 Å². The van der Waals surface area contributed by atoms with E-state index in [1.807, 2.05) is 13.8 Å². The fourth-order valence-corrected chi connectivity index (χ4v) is 4.92. The zero-order valence-electron chi connectivity index (χ0n) is 15.4. The van der Waals surface area contributed by atoms with Gasteiger partial charge in [0.05, 0.1) is 4.90 Å². The number of carbonyl (C=O) groups excluding carboxylic acids is 1. The molecule has 1 aromatic carbocycles. The summed E-state index contributed by atoms with van der Waals surface area (Å²) in [5, 5.41) is 2.99. The average Bonchev–Trinajstić information content (AvgIpc) is 3.19. The second kappa shape index (κ2) is 7.78. The molecule has 1 aliphatic carbocycles. The van der Waals surface area contributed by atoms with Gasteiger partial charge in [-0.05, 0) is 30.4 Å². The molecule has 6 nitrogen and oxygen atoms in total. The molecular formula is C19H27N3O3S. The van der Waals surface area contributed by atoms with Gasteiger partial charge in [-0.25, -0.2) is 8.42 Å². The monoisotopic (exact) mass is 377 g/mol. The number of benzene rings is 1. The summed E-state index contributed by atoms with van der Waals surface area (Å²) in [6, 6.07) is 6.08. The Bertz CT molecular complexity index is 796. The van der Waals surface area contributed by atoms with Crippen LogP contribution in [0.25, 0.3) is 0 Å². The number of carbonyl (C=O) groups is 1. The van der Waals surface area contributed by atoms with Crippen LogP contribution in [0.15, 0.2) is 34.2 Å². The Labute approximate surface area is 155 Å². The van der Waals surface area contributed by atoms with E-state index in [2.05, 4.69) is 15.0 Å². The molecule has 26 heavy (non-hydrogen) atoms. The lowest BCUT2D eigenvalue weighted by atomic mass is 10.0. The molecule has 0 aromatic heterocycles. The number of nitrogens with one attached hydrogen (secondary N) is 2. The molecule has 0 spiro atoms. The lowest BCUT2D eigenvalue weighted by Gasteiger charge is -2.18. The van der Waals surface area contributed by atoms with Crippen molar-refractivity contribution in [1.82, 2.24) is 10.0 Å². The van der Waals surface area contributed by atoms with E-state index in [0.29, 0.717) is 18.0 Å². The summed E-state index contributed by atoms with van der Waals surface area (Å²) in [5.41, 5.74) is 0.525. The van der Waals surface area contributed by atoms with Gasteiger partial charge in [0.15, 0.2) is 0 Å². The van der Waals surface area contributed by atoms with Crippen molar-refractivity contribution in [3.63, 3.8) is 0 Å². The molecule has 1 saturated carbocycles. The molecule has 1 aromatic rings. The predicted octanol–water partition coefficient (Wildman–Crippen LogP) is 2.45. The molecular weight excluding hydrogens is 350 g/mol. The van der Waals surface area contributed by atoms with Crippen molar-refractivity contribution in [1.29, 1.82) is 0 Å². The van der Waals surface area contributed by atoms with Gasteiger partial charge in [-0.15, -0.1) is 0 Å². The fraction of sp³-hybridized carbons (Fsp3) is 0.579. The highest BCUT2D eigenvalue weighted by Gasteiger charge is 2.32. The lowest BCUT2D eigenvalue weighted by Crippen LogP contribution is -2.39. The number of rotatable bonds is 6. The SMILES string of the molecule is CC(C)[C@H](N=C1NS(=O)(=O)c2ccccc21)C(=O)NCCC1CCCC1. The van der Waals surface area contributed by atoms with Crippen molar-refractivity contribution in [2.24, 2.45) is 16.8 Å². The third-order valence-electron chi connectivity index (χ3n) is 5.16. The number of hydrogen-bond acceptors (Lipinski definition) is 4. The summed E-state index contributed by atoms with van der Waals surface area (Å²) >= 11 is 0. The van der Waals surface area contributed by atoms with Gasteiger partial charge < -0.3 is 5.32 Å². The van der Waals surface area contributed by atoms with Crippen LogP contribution >= 0.6 is 0 Å². The standard InChI is InChI=1S/C19H27N3O3S/c1-13(2)17(19(23)20-12-11-14-7-3-4-8-14)21-18-15-9-5-6-10-16(15)26(24,25)22-18/h5-6,9-10,13-14,17H,3-4,7-8,11-12H2,1-2H3,(H,20,23)(H,21,22)/t17-/m0/s1. The third-order valence-corrected chi connectivity index (χ3v) is 6.55. The van der Waals surface area contributed by atoms with Crippen LogP contribution in [0, 0.1) is 11.8 Å². The Morgan fingerprint density at radius 3 is 2.65 bits per heavy atom. The van der Waals surface area contributed by atoms with E-state index >= 15 is 0 Å². The normalized spacial score (nSPS) is 21.6. The quantitative estimate of drug-likeness (QED) is 0.798. The first-order valence-electron chi connectivity index (χ1n) is 9.36. The van der Waals surface area contributed by atoms with Crippen LogP contribution in [0.2, 0.25) is 0 Å². The first-order valence-corrected chi connectivity index (χ1v) is 10.8. The maximum absolute atomic E-state index is 12.6. The van der Waals surface area contributed by atoms with E-state index in [4.69, 9.17) is 0 Å². The van der Waals surface area contributed by atoms with Crippen LogP contribution in [0.1, 0.15) is 51.5 Å². The Morgan fingerprint density at radius 2 is 1.96 bits per heavy atom. The second-order valence-electron chi connectivity index (χ2n) is 7.50. The van der Waals surface area contributed by atoms with Crippen LogP contribution in [0.4, 0.5) is 0 Å². The summed E-state index contributed by atoms with van der Waals surface area (Å²) in [6.07, 6.45) is 6.10. The average molecular weight is 378 g/mol. The largest absolute Gasteiger partial charge is 0.354 e. The minimum Gasteiger partial charge on any atom is -0.354 e. The van der Waals surface area contributed by atoms with Crippen LogP contribution in [0.5, 0.6) is 0 Å². The van der Waals surface area contributed by atoms with Crippen molar-refractivity contribution >= 4 is 21.8 Å². The number of nitrogens with zero attached hydrogens (tertiary/aromatic N) is 1. The predicted molar refractivity (Wildman–Crippen MR) is 102 cm³/mol. The van der Waals surface area contributed by atoms with Crippen LogP contribution in [-0.4, -0.2) is 32.7 Å². The molecule has 1 fully saturated rings. The number of sulfonamides is 1. The maximum Gasteiger partial charge on any atom is 0.263 e. The Kier molecular flexibility index (Phi) is 5.65. The van der Waals surface area contributed by atoms with Gasteiger partial charge in [-0.1, -0.05) is 51.7 Å². The van der Waals surface area contributed by atoms with E-state index in [1.54, 1.807) is 24.3 Å². The topological polar surface area (TPSA) is 87.6 Å². The summed E-state index contributed by atoms with van der Waals surface area (Å²) in [6.45, 7) is 4.49. The molecule has 0 bridgehead atoms. The minimum absolute atomic E-state index is 0.0359. The Hall–Kier alpha value is -1.89. The molecule has 2 aliphatic rings. The van der Waals surface area contributed by atoms with Crippen molar-refractivity contribution in [2.75, 3.05) is 6.54 Å². The smallest absolute Gasteiger partial charge is 0.263 e. The first kappa shape index (κ1) is 18.9. The van der Waals surface area contributed by atoms with Crippen LogP contribution < -0.4 is 10.0 Å². The van der Waals surface area contributed by atoms with Crippen molar-refractivity contribution in [3.8, 4) is 0 Å². The number of amides is 1. The molecule has 1 amide bonds. The second-order valence-corrected chi connectivity index (χ2v) is 9.15. The lowest BCUT2D eigenvalue weighted by molar-refractivity contribution is -0.123. The van der Waals surface area contributed by atoms with E-state index in [1.165, 1.54) is 25.7 Å². The number of aliphatic imine (C=N–C) groups is 1. The highest BCUT2D eigenvalue weighted by molar-refractivity contribution is 7.90. The molecule has 0 radical (unpaired) electrons. The molecule has 3 rings (SSSR count). The summed E-state index contributed by atoms with van der Waals surface area (Å²) in [5.74, 6) is 0.790. The molecule has 1 heterocycles. The zero-order valence-corrected chi connectivity index (χ0v) is 16.2. The summed E-state index contributed by atoms with van der Waals surface area (Å²) in [7, 11) is -3.59. The molecule has 0 unspecified atom stereocenters. The maximum atomic E-state index is 12.6. The number of fused-ring (bicyclic) bond motifs is 1. The highest BCUT2D eigenvalue weighted by Crippen LogP contribution is 2.27. The van der Waals surface area contributed by atoms with Gasteiger partial charge >= 0.3 is 0 Å². The Balaban J connectivity index is 1.72. The van der Waals surface area contributed by atoms with Crippen molar-refractivity contribution in [3.05, 3.63) is 29.8 Å². The van der Waals surface area contributed by atoms with Crippen molar-refractivity contribution < 1.29 is 13.2 Å². The van der Waals surface area contributed by atoms with E-state index in [9.17, 15) is 13.2 Å². The van der Waals surface area contributed by atoms with Gasteiger partial charge in [0.25, 0.3) is 10.0 Å². The fourth-order valence-electron chi connectivity index (χ4n) is 3.68. The van der Waals surface area contributed by atoms with Gasteiger partial charge in [0.1, 0.15) is 11.9 Å². The molecule has 0 saturated heterocycles. The van der Waals surface area contributed by atoms with Crippen LogP contribution in [0.3, 0.4) is 0 Å². The van der Waals surface area contributed by atoms with Gasteiger partial charge in [0, 0.05) is 12.1 Å². The van der Waals surface area contributed by atoms with E-state index in [0.717, 1.165) is 6.42 Å². The first-order chi connectivity index (χ1) is 12.4. The zero-order chi connectivity index (χ0) is 18.7. The number of amidine groups is 1. The van der Waals surface area contributed by atoms with Crippen LogP contribution in [-0.2, 0) is 14.8 Å². The molecule has 7 heteroatoms. The minimum atomic E-state index is -3.59. The summed E-state index contributed by atoms with van der Waals surface area (Å²) in [4.78, 5) is 17.3. The summed E-state index contributed by atoms with van der Waals surface area (Å²) < 4.78 is 26.9. The highest BCUT2D eigenvalue weighted by atomic mass is 32.2. The van der Waals surface area contributed by atoms with E-state index in [-0.39, 0.29) is 22.6 Å². The molecule has 1 atom stereocenters. The van der Waals surface area contributed by atoms with E-state index < -0.39 is 16.1 Å².